The molecule has 116 valence electrons. The molecule has 0 radical (unpaired) electrons. The number of fused-ring (bicyclic) bond motifs is 4. The van der Waals surface area contributed by atoms with Crippen LogP contribution in [-0.4, -0.2) is 17.5 Å². The molecule has 1 heterocycles. The molecular weight excluding hydrogens is 260 g/mol. The summed E-state index contributed by atoms with van der Waals surface area (Å²) >= 11 is 0. The van der Waals surface area contributed by atoms with Crippen LogP contribution in [0.2, 0.25) is 0 Å². The van der Waals surface area contributed by atoms with E-state index < -0.39 is 0 Å². The molecule has 2 nitrogen and oxygen atoms in total. The largest absolute Gasteiger partial charge is 0.365 e. The van der Waals surface area contributed by atoms with Crippen LogP contribution < -0.4 is 0 Å². The first-order valence-electron chi connectivity index (χ1n) is 9.22. The highest BCUT2D eigenvalue weighted by atomic mass is 16.6. The van der Waals surface area contributed by atoms with Gasteiger partial charge in [0.1, 0.15) is 11.4 Å². The van der Waals surface area contributed by atoms with Gasteiger partial charge in [-0.1, -0.05) is 20.3 Å². The van der Waals surface area contributed by atoms with E-state index in [0.717, 1.165) is 24.7 Å². The number of carbonyl (C=O) groups excluding carboxylic acids is 1. The molecule has 1 spiro atoms. The first kappa shape index (κ1) is 13.1. The van der Waals surface area contributed by atoms with Gasteiger partial charge < -0.3 is 4.74 Å². The predicted octanol–water partition coefficient (Wildman–Crippen LogP) is 4.12. The minimum absolute atomic E-state index is 0.0283. The molecule has 7 atom stereocenters. The van der Waals surface area contributed by atoms with E-state index >= 15 is 0 Å². The highest BCUT2D eigenvalue weighted by Gasteiger charge is 2.73. The van der Waals surface area contributed by atoms with Gasteiger partial charge in [0.15, 0.2) is 0 Å². The number of ether oxygens (including phenoxy) is 1. The van der Waals surface area contributed by atoms with Crippen molar-refractivity contribution in [3.8, 4) is 0 Å². The van der Waals surface area contributed by atoms with Crippen molar-refractivity contribution in [2.75, 3.05) is 0 Å². The molecule has 4 saturated carbocycles. The molecule has 0 bridgehead atoms. The number of rotatable bonds is 0. The zero-order valence-corrected chi connectivity index (χ0v) is 13.5. The molecule has 0 amide bonds. The predicted molar refractivity (Wildman–Crippen MR) is 80.8 cm³/mol. The van der Waals surface area contributed by atoms with E-state index in [4.69, 9.17) is 4.74 Å². The van der Waals surface area contributed by atoms with Gasteiger partial charge in [0.2, 0.25) is 0 Å². The fraction of sp³-hybridized carbons (Fsp3) is 0.947. The third-order valence-electron chi connectivity index (χ3n) is 8.76. The Hall–Kier alpha value is -0.370. The van der Waals surface area contributed by atoms with Gasteiger partial charge in [0, 0.05) is 17.3 Å². The minimum Gasteiger partial charge on any atom is -0.365 e. The standard InChI is InChI=1S/C19H28O2/c1-17-10-8-14-12(13(17)5-6-15(17)20)7-11-19-16(21-19)4-3-9-18(14,19)2/h12-14,16H,3-11H2,1-2H3/t12-,13-,14-,16-,17-,18+,19-/m0/s1. The molecule has 0 aromatic heterocycles. The summed E-state index contributed by atoms with van der Waals surface area (Å²) in [5.41, 5.74) is 0.690. The van der Waals surface area contributed by atoms with Crippen molar-refractivity contribution < 1.29 is 9.53 Å². The average molecular weight is 288 g/mol. The molecule has 2 heteroatoms. The summed E-state index contributed by atoms with van der Waals surface area (Å²) in [4.78, 5) is 12.4. The summed E-state index contributed by atoms with van der Waals surface area (Å²) in [5, 5.41) is 0. The van der Waals surface area contributed by atoms with Crippen molar-refractivity contribution in [1.29, 1.82) is 0 Å². The normalized spacial score (nSPS) is 61.5. The summed E-state index contributed by atoms with van der Waals surface area (Å²) in [5.74, 6) is 2.87. The van der Waals surface area contributed by atoms with Gasteiger partial charge in [-0.15, -0.1) is 0 Å². The number of hydrogen-bond acceptors (Lipinski definition) is 2. The first-order chi connectivity index (χ1) is 10.0. The van der Waals surface area contributed by atoms with Crippen LogP contribution in [-0.2, 0) is 9.53 Å². The first-order valence-corrected chi connectivity index (χ1v) is 9.22. The van der Waals surface area contributed by atoms with Crippen molar-refractivity contribution in [3.05, 3.63) is 0 Å². The Morgan fingerprint density at radius 2 is 1.86 bits per heavy atom. The monoisotopic (exact) mass is 288 g/mol. The van der Waals surface area contributed by atoms with Gasteiger partial charge in [-0.05, 0) is 62.7 Å². The zero-order chi connectivity index (χ0) is 14.5. The van der Waals surface area contributed by atoms with Crippen LogP contribution in [0.25, 0.3) is 0 Å². The lowest BCUT2D eigenvalue weighted by Gasteiger charge is -2.58. The maximum atomic E-state index is 12.4. The fourth-order valence-corrected chi connectivity index (χ4v) is 7.52. The minimum atomic E-state index is 0.0283. The molecule has 0 aromatic carbocycles. The van der Waals surface area contributed by atoms with E-state index in [1.165, 1.54) is 44.9 Å². The molecule has 5 aliphatic rings. The van der Waals surface area contributed by atoms with Crippen molar-refractivity contribution >= 4 is 5.78 Å². The number of epoxide rings is 1. The summed E-state index contributed by atoms with van der Waals surface area (Å²) in [6.45, 7) is 4.83. The van der Waals surface area contributed by atoms with Crippen molar-refractivity contribution in [2.24, 2.45) is 28.6 Å². The average Bonchev–Trinajstić information content (AvgIpc) is 3.11. The summed E-state index contributed by atoms with van der Waals surface area (Å²) in [6.07, 6.45) is 11.6. The van der Waals surface area contributed by atoms with E-state index in [1.807, 2.05) is 0 Å². The second-order valence-corrected chi connectivity index (χ2v) is 9.14. The second kappa shape index (κ2) is 3.75. The van der Waals surface area contributed by atoms with E-state index in [1.54, 1.807) is 0 Å². The number of hydrogen-bond donors (Lipinski definition) is 0. The SMILES string of the molecule is C[C@]12CC[C@H]3[C@@H](CC[C@]45O[C@H]4CCC[C@]35C)[C@@H]1CCC2=O. The number of ketones is 1. The maximum absolute atomic E-state index is 12.4. The van der Waals surface area contributed by atoms with Crippen molar-refractivity contribution in [1.82, 2.24) is 0 Å². The third kappa shape index (κ3) is 1.33. The number of Topliss-reactive ketones (excluding diaryl/α,β-unsaturated/α-hetero) is 1. The van der Waals surface area contributed by atoms with E-state index in [9.17, 15) is 4.79 Å². The Morgan fingerprint density at radius 1 is 1.00 bits per heavy atom. The highest BCUT2D eigenvalue weighted by Crippen LogP contribution is 2.72. The van der Waals surface area contributed by atoms with Gasteiger partial charge in [-0.25, -0.2) is 0 Å². The van der Waals surface area contributed by atoms with Crippen LogP contribution in [0.3, 0.4) is 0 Å². The van der Waals surface area contributed by atoms with Crippen LogP contribution in [0.4, 0.5) is 0 Å². The van der Waals surface area contributed by atoms with E-state index in [-0.39, 0.29) is 11.0 Å². The molecule has 5 fully saturated rings. The van der Waals surface area contributed by atoms with Gasteiger partial charge in [0.05, 0.1) is 6.10 Å². The lowest BCUT2D eigenvalue weighted by molar-refractivity contribution is -0.138. The van der Waals surface area contributed by atoms with Crippen LogP contribution in [0, 0.1) is 28.6 Å². The topological polar surface area (TPSA) is 29.6 Å². The summed E-state index contributed by atoms with van der Waals surface area (Å²) in [6, 6.07) is 0. The fourth-order valence-electron chi connectivity index (χ4n) is 7.52. The molecule has 0 N–H and O–H groups in total. The van der Waals surface area contributed by atoms with Crippen LogP contribution >= 0.6 is 0 Å². The molecule has 0 aromatic rings. The quantitative estimate of drug-likeness (QED) is 0.628. The molecule has 1 saturated heterocycles. The Balaban J connectivity index is 1.53. The highest BCUT2D eigenvalue weighted by molar-refractivity contribution is 5.87. The molecular formula is C19H28O2. The maximum Gasteiger partial charge on any atom is 0.139 e. The molecule has 4 aliphatic carbocycles. The lowest BCUT2D eigenvalue weighted by atomic mass is 9.45. The third-order valence-corrected chi connectivity index (χ3v) is 8.76. The lowest BCUT2D eigenvalue weighted by Crippen LogP contribution is -2.57. The number of carbonyl (C=O) groups is 1. The van der Waals surface area contributed by atoms with Gasteiger partial charge in [-0.2, -0.15) is 0 Å². The smallest absolute Gasteiger partial charge is 0.139 e. The van der Waals surface area contributed by atoms with E-state index in [0.29, 0.717) is 23.2 Å². The van der Waals surface area contributed by atoms with Crippen LogP contribution in [0.5, 0.6) is 0 Å². The molecule has 5 rings (SSSR count). The Kier molecular flexibility index (Phi) is 2.34. The van der Waals surface area contributed by atoms with Crippen LogP contribution in [0.15, 0.2) is 0 Å². The van der Waals surface area contributed by atoms with E-state index in [2.05, 4.69) is 13.8 Å². The van der Waals surface area contributed by atoms with Crippen molar-refractivity contribution in [3.63, 3.8) is 0 Å². The molecule has 21 heavy (non-hydrogen) atoms. The van der Waals surface area contributed by atoms with Crippen molar-refractivity contribution in [2.45, 2.75) is 83.3 Å². The van der Waals surface area contributed by atoms with Gasteiger partial charge in [0.25, 0.3) is 0 Å². The molecule has 1 aliphatic heterocycles. The summed E-state index contributed by atoms with van der Waals surface area (Å²) < 4.78 is 6.31. The summed E-state index contributed by atoms with van der Waals surface area (Å²) in [7, 11) is 0. The Bertz CT molecular complexity index is 514. The van der Waals surface area contributed by atoms with Gasteiger partial charge >= 0.3 is 0 Å². The van der Waals surface area contributed by atoms with Gasteiger partial charge in [-0.3, -0.25) is 4.79 Å². The second-order valence-electron chi connectivity index (χ2n) is 9.14. The van der Waals surface area contributed by atoms with Crippen LogP contribution in [0.1, 0.15) is 71.6 Å². The Morgan fingerprint density at radius 3 is 2.71 bits per heavy atom. The Labute approximate surface area is 128 Å². The zero-order valence-electron chi connectivity index (χ0n) is 13.5. The molecule has 0 unspecified atom stereocenters.